The molecule has 0 atom stereocenters. The van der Waals surface area contributed by atoms with Crippen LogP contribution in [0.3, 0.4) is 0 Å². The number of methoxy groups -OCH3 is 3. The summed E-state index contributed by atoms with van der Waals surface area (Å²) in [5.41, 5.74) is 11.2. The van der Waals surface area contributed by atoms with Crippen LogP contribution in [0.15, 0.2) is 54.6 Å². The molecule has 1 heterocycles. The number of nitrogen functional groups attached to an aromatic ring is 1. The highest BCUT2D eigenvalue weighted by molar-refractivity contribution is 6.08. The van der Waals surface area contributed by atoms with Crippen molar-refractivity contribution in [2.24, 2.45) is 0 Å². The molecule has 0 fully saturated rings. The minimum absolute atomic E-state index is 0.214. The van der Waals surface area contributed by atoms with Gasteiger partial charge < -0.3 is 25.3 Å². The van der Waals surface area contributed by atoms with E-state index in [2.05, 4.69) is 27.1 Å². The van der Waals surface area contributed by atoms with Gasteiger partial charge in [-0.25, -0.2) is 4.79 Å². The van der Waals surface area contributed by atoms with E-state index in [1.807, 2.05) is 24.3 Å². The molecule has 0 radical (unpaired) electrons. The number of ether oxygens (including phenoxy) is 3. The maximum atomic E-state index is 12.7. The molecule has 0 spiro atoms. The van der Waals surface area contributed by atoms with Crippen molar-refractivity contribution in [3.05, 3.63) is 82.4 Å². The molecule has 0 bridgehead atoms. The summed E-state index contributed by atoms with van der Waals surface area (Å²) in [6.45, 7) is 2.80. The van der Waals surface area contributed by atoms with Gasteiger partial charge in [-0.2, -0.15) is 0 Å². The van der Waals surface area contributed by atoms with Gasteiger partial charge in [-0.3, -0.25) is 9.69 Å². The fourth-order valence-electron chi connectivity index (χ4n) is 4.39. The quantitative estimate of drug-likeness (QED) is 0.365. The standard InChI is InChI=1S/C28H31N3O5/c1-34-25-15-19-11-13-31(17-21(19)16-26(25)35-2)12-10-18-4-7-22(8-5-18)30-27(32)23-9-6-20(14-24(23)29)28(33)36-3/h4-9,14-16H,10-13,17,29H2,1-3H3,(H,30,32). The zero-order valence-corrected chi connectivity index (χ0v) is 20.8. The largest absolute Gasteiger partial charge is 0.493 e. The summed E-state index contributed by atoms with van der Waals surface area (Å²) in [6, 6.07) is 16.4. The van der Waals surface area contributed by atoms with Gasteiger partial charge in [-0.05, 0) is 72.0 Å². The van der Waals surface area contributed by atoms with Crippen LogP contribution in [0.4, 0.5) is 11.4 Å². The Morgan fingerprint density at radius 1 is 0.944 bits per heavy atom. The van der Waals surface area contributed by atoms with Crippen LogP contribution in [0.5, 0.6) is 11.5 Å². The number of amides is 1. The Morgan fingerprint density at radius 2 is 1.64 bits per heavy atom. The van der Waals surface area contributed by atoms with Gasteiger partial charge in [0.15, 0.2) is 11.5 Å². The molecule has 3 N–H and O–H groups in total. The van der Waals surface area contributed by atoms with Gasteiger partial charge in [0.1, 0.15) is 0 Å². The highest BCUT2D eigenvalue weighted by Crippen LogP contribution is 2.33. The van der Waals surface area contributed by atoms with Crippen LogP contribution >= 0.6 is 0 Å². The van der Waals surface area contributed by atoms with Gasteiger partial charge in [-0.15, -0.1) is 0 Å². The number of anilines is 2. The average Bonchev–Trinajstić information content (AvgIpc) is 2.91. The summed E-state index contributed by atoms with van der Waals surface area (Å²) in [6.07, 6.45) is 1.88. The van der Waals surface area contributed by atoms with Crippen molar-refractivity contribution >= 4 is 23.3 Å². The van der Waals surface area contributed by atoms with Crippen molar-refractivity contribution in [1.82, 2.24) is 4.90 Å². The molecule has 1 amide bonds. The van der Waals surface area contributed by atoms with E-state index in [0.29, 0.717) is 16.8 Å². The lowest BCUT2D eigenvalue weighted by Gasteiger charge is -2.29. The van der Waals surface area contributed by atoms with Gasteiger partial charge in [-0.1, -0.05) is 12.1 Å². The summed E-state index contributed by atoms with van der Waals surface area (Å²) >= 11 is 0. The lowest BCUT2D eigenvalue weighted by molar-refractivity contribution is 0.0600. The Hall–Kier alpha value is -4.04. The number of hydrogen-bond acceptors (Lipinski definition) is 7. The second-order valence-corrected chi connectivity index (χ2v) is 8.70. The average molecular weight is 490 g/mol. The predicted octanol–water partition coefficient (Wildman–Crippen LogP) is 3.93. The van der Waals surface area contributed by atoms with Crippen molar-refractivity contribution < 1.29 is 23.8 Å². The SMILES string of the molecule is COC(=O)c1ccc(C(=O)Nc2ccc(CCN3CCc4cc(OC)c(OC)cc4C3)cc2)c(N)c1. The molecule has 0 saturated carbocycles. The lowest BCUT2D eigenvalue weighted by Crippen LogP contribution is -2.32. The van der Waals surface area contributed by atoms with E-state index >= 15 is 0 Å². The molecular weight excluding hydrogens is 458 g/mol. The molecule has 36 heavy (non-hydrogen) atoms. The van der Waals surface area contributed by atoms with Crippen molar-refractivity contribution in [1.29, 1.82) is 0 Å². The fourth-order valence-corrected chi connectivity index (χ4v) is 4.39. The molecular formula is C28H31N3O5. The maximum absolute atomic E-state index is 12.7. The molecule has 0 aliphatic carbocycles. The number of esters is 1. The number of nitrogens with two attached hydrogens (primary N) is 1. The Morgan fingerprint density at radius 3 is 2.28 bits per heavy atom. The molecule has 1 aliphatic rings. The van der Waals surface area contributed by atoms with Crippen molar-refractivity contribution in [2.45, 2.75) is 19.4 Å². The molecule has 0 aromatic heterocycles. The number of carbonyl (C=O) groups is 2. The number of carbonyl (C=O) groups excluding carboxylic acids is 2. The van der Waals surface area contributed by atoms with Gasteiger partial charge in [0.05, 0.1) is 32.5 Å². The molecule has 1 aliphatic heterocycles. The van der Waals surface area contributed by atoms with Crippen LogP contribution in [-0.4, -0.2) is 51.2 Å². The van der Waals surface area contributed by atoms with E-state index in [0.717, 1.165) is 44.0 Å². The molecule has 4 rings (SSSR count). The molecule has 3 aromatic rings. The van der Waals surface area contributed by atoms with Crippen LogP contribution in [0.2, 0.25) is 0 Å². The number of nitrogens with one attached hydrogen (secondary N) is 1. The third kappa shape index (κ3) is 5.60. The normalized spacial score (nSPS) is 13.0. The zero-order valence-electron chi connectivity index (χ0n) is 20.8. The summed E-state index contributed by atoms with van der Waals surface area (Å²) in [5, 5.41) is 2.86. The van der Waals surface area contributed by atoms with E-state index in [1.54, 1.807) is 14.2 Å². The Labute approximate surface area is 211 Å². The highest BCUT2D eigenvalue weighted by Gasteiger charge is 2.19. The van der Waals surface area contributed by atoms with Crippen LogP contribution in [0, 0.1) is 0 Å². The number of fused-ring (bicyclic) bond motifs is 1. The second kappa shape index (κ2) is 11.1. The number of hydrogen-bond donors (Lipinski definition) is 2. The van der Waals surface area contributed by atoms with Crippen molar-refractivity contribution in [3.63, 3.8) is 0 Å². The van der Waals surface area contributed by atoms with E-state index in [-0.39, 0.29) is 11.6 Å². The Bertz CT molecular complexity index is 1260. The first-order valence-corrected chi connectivity index (χ1v) is 11.8. The first-order chi connectivity index (χ1) is 17.4. The Balaban J connectivity index is 1.33. The van der Waals surface area contributed by atoms with Crippen LogP contribution in [0.1, 0.15) is 37.4 Å². The topological polar surface area (TPSA) is 103 Å². The fraction of sp³-hybridized carbons (Fsp3) is 0.286. The van der Waals surface area contributed by atoms with Crippen molar-refractivity contribution in [3.8, 4) is 11.5 Å². The molecule has 0 saturated heterocycles. The van der Waals surface area contributed by atoms with Gasteiger partial charge in [0, 0.05) is 31.0 Å². The highest BCUT2D eigenvalue weighted by atomic mass is 16.5. The first kappa shape index (κ1) is 25.1. The molecule has 3 aromatic carbocycles. The minimum atomic E-state index is -0.502. The predicted molar refractivity (Wildman–Crippen MR) is 139 cm³/mol. The summed E-state index contributed by atoms with van der Waals surface area (Å²) in [7, 11) is 4.62. The van der Waals surface area contributed by atoms with E-state index < -0.39 is 5.97 Å². The smallest absolute Gasteiger partial charge is 0.337 e. The van der Waals surface area contributed by atoms with Crippen LogP contribution in [0.25, 0.3) is 0 Å². The monoisotopic (exact) mass is 489 g/mol. The third-order valence-corrected chi connectivity index (χ3v) is 6.44. The van der Waals surface area contributed by atoms with Gasteiger partial charge >= 0.3 is 5.97 Å². The zero-order chi connectivity index (χ0) is 25.7. The van der Waals surface area contributed by atoms with E-state index in [1.165, 1.54) is 42.0 Å². The van der Waals surface area contributed by atoms with Crippen LogP contribution < -0.4 is 20.5 Å². The summed E-state index contributed by atoms with van der Waals surface area (Å²) in [4.78, 5) is 26.7. The van der Waals surface area contributed by atoms with E-state index in [4.69, 9.17) is 15.2 Å². The van der Waals surface area contributed by atoms with Crippen molar-refractivity contribution in [2.75, 3.05) is 45.5 Å². The minimum Gasteiger partial charge on any atom is -0.493 e. The Kier molecular flexibility index (Phi) is 7.75. The second-order valence-electron chi connectivity index (χ2n) is 8.70. The summed E-state index contributed by atoms with van der Waals surface area (Å²) < 4.78 is 15.6. The number of nitrogens with zero attached hydrogens (tertiary/aromatic N) is 1. The van der Waals surface area contributed by atoms with Gasteiger partial charge in [0.25, 0.3) is 5.91 Å². The molecule has 188 valence electrons. The molecule has 8 heteroatoms. The number of benzene rings is 3. The number of rotatable bonds is 8. The van der Waals surface area contributed by atoms with E-state index in [9.17, 15) is 9.59 Å². The lowest BCUT2D eigenvalue weighted by atomic mass is 9.98. The maximum Gasteiger partial charge on any atom is 0.337 e. The first-order valence-electron chi connectivity index (χ1n) is 11.8. The van der Waals surface area contributed by atoms with Crippen LogP contribution in [-0.2, 0) is 24.1 Å². The van der Waals surface area contributed by atoms with Gasteiger partial charge in [0.2, 0.25) is 0 Å². The summed E-state index contributed by atoms with van der Waals surface area (Å²) in [5.74, 6) is 0.698. The molecule has 0 unspecified atom stereocenters. The molecule has 8 nitrogen and oxygen atoms in total. The third-order valence-electron chi connectivity index (χ3n) is 6.44.